The van der Waals surface area contributed by atoms with Crippen molar-refractivity contribution in [1.82, 2.24) is 9.13 Å². The number of hydrogen-bond donors (Lipinski definition) is 0. The predicted molar refractivity (Wildman–Crippen MR) is 296 cm³/mol. The molecular formula is C67H33F6N7. The zero-order valence-corrected chi connectivity index (χ0v) is 41.5. The minimum absolute atomic E-state index is 0.0254. The van der Waals surface area contributed by atoms with Crippen molar-refractivity contribution in [3.63, 3.8) is 0 Å². The Morgan fingerprint density at radius 2 is 0.588 bits per heavy atom. The van der Waals surface area contributed by atoms with E-state index in [2.05, 4.69) is 30.3 Å². The Bertz CT molecular complexity index is 4500. The molecule has 2 aromatic heterocycles. The molecule has 7 nitrogen and oxygen atoms in total. The molecular weight excluding hydrogens is 1020 g/mol. The van der Waals surface area contributed by atoms with E-state index in [0.29, 0.717) is 123 Å². The van der Waals surface area contributed by atoms with Crippen molar-refractivity contribution < 1.29 is 26.3 Å². The monoisotopic (exact) mass is 1050 g/mol. The van der Waals surface area contributed by atoms with E-state index >= 15 is 26.3 Å². The SMILES string of the molecule is N#Cc1ccc(-c2ccc3c4ccc(-c5ccc(C#N)cc5)cc4n(-c4cc(-c5c(C(F)(F)F)cccc5C(F)(F)F)c(-n5c6cc(-c7ccc(C#N)cc7)ccc6c6ccc(-c7ccc(C#N)cc7)cc65)cc4C#N)c3c2)cc1. The Balaban J connectivity index is 1.24. The molecule has 0 saturated carbocycles. The minimum atomic E-state index is -5.33. The fraction of sp³-hybridized carbons (Fsp3) is 0.0299. The molecule has 0 amide bonds. The van der Waals surface area contributed by atoms with Crippen LogP contribution in [0.4, 0.5) is 26.3 Å². The van der Waals surface area contributed by atoms with Gasteiger partial charge in [-0.25, -0.2) is 0 Å². The normalized spacial score (nSPS) is 11.6. The van der Waals surface area contributed by atoms with Gasteiger partial charge in [0.15, 0.2) is 0 Å². The number of aromatic nitrogens is 2. The van der Waals surface area contributed by atoms with Gasteiger partial charge in [-0.2, -0.15) is 52.7 Å². The second kappa shape index (κ2) is 19.1. The molecule has 0 N–H and O–H groups in total. The molecule has 0 aliphatic heterocycles. The van der Waals surface area contributed by atoms with Gasteiger partial charge in [0.25, 0.3) is 0 Å². The first kappa shape index (κ1) is 49.7. The van der Waals surface area contributed by atoms with Crippen LogP contribution in [0.1, 0.15) is 38.9 Å². The van der Waals surface area contributed by atoms with Crippen LogP contribution in [0.15, 0.2) is 200 Å². The van der Waals surface area contributed by atoms with Crippen LogP contribution in [-0.4, -0.2) is 9.13 Å². The van der Waals surface area contributed by atoms with Crippen LogP contribution >= 0.6 is 0 Å². The van der Waals surface area contributed by atoms with Crippen molar-refractivity contribution in [1.29, 1.82) is 26.3 Å². The third-order valence-corrected chi connectivity index (χ3v) is 14.6. The van der Waals surface area contributed by atoms with E-state index in [1.807, 2.05) is 60.7 Å². The van der Waals surface area contributed by atoms with Crippen molar-refractivity contribution >= 4 is 43.6 Å². The molecule has 10 aromatic carbocycles. The van der Waals surface area contributed by atoms with Crippen LogP contribution in [0.2, 0.25) is 0 Å². The lowest BCUT2D eigenvalue weighted by Gasteiger charge is -2.24. The van der Waals surface area contributed by atoms with Crippen LogP contribution in [0, 0.1) is 56.7 Å². The fourth-order valence-corrected chi connectivity index (χ4v) is 10.8. The summed E-state index contributed by atoms with van der Waals surface area (Å²) in [7, 11) is 0. The van der Waals surface area contributed by atoms with Gasteiger partial charge in [-0.05, 0) is 142 Å². The van der Waals surface area contributed by atoms with E-state index in [9.17, 15) is 26.3 Å². The Morgan fingerprint density at radius 1 is 0.300 bits per heavy atom. The highest BCUT2D eigenvalue weighted by molar-refractivity contribution is 6.13. The van der Waals surface area contributed by atoms with Gasteiger partial charge in [0.1, 0.15) is 6.07 Å². The topological polar surface area (TPSA) is 129 Å². The van der Waals surface area contributed by atoms with Gasteiger partial charge in [0.05, 0.1) is 96.7 Å². The van der Waals surface area contributed by atoms with Crippen LogP contribution in [-0.2, 0) is 12.4 Å². The van der Waals surface area contributed by atoms with Gasteiger partial charge in [-0.1, -0.05) is 103 Å². The average Bonchev–Trinajstić information content (AvgIpc) is 3.50. The molecule has 80 heavy (non-hydrogen) atoms. The molecule has 12 aromatic rings. The van der Waals surface area contributed by atoms with E-state index in [1.54, 1.807) is 118 Å². The first-order chi connectivity index (χ1) is 38.7. The molecule has 0 aliphatic carbocycles. The average molecular weight is 1050 g/mol. The van der Waals surface area contributed by atoms with E-state index < -0.39 is 34.6 Å². The number of nitrogens with zero attached hydrogens (tertiary/aromatic N) is 7. The van der Waals surface area contributed by atoms with Crippen molar-refractivity contribution in [3.8, 4) is 97.4 Å². The highest BCUT2D eigenvalue weighted by atomic mass is 19.4. The fourth-order valence-electron chi connectivity index (χ4n) is 10.8. The summed E-state index contributed by atoms with van der Waals surface area (Å²) >= 11 is 0. The summed E-state index contributed by atoms with van der Waals surface area (Å²) in [5, 5.41) is 52.4. The molecule has 2 heterocycles. The van der Waals surface area contributed by atoms with E-state index in [1.165, 1.54) is 12.1 Å². The molecule has 378 valence electrons. The first-order valence-electron chi connectivity index (χ1n) is 24.7. The summed E-state index contributed by atoms with van der Waals surface area (Å²) in [6.07, 6.45) is -10.7. The second-order valence-corrected chi connectivity index (χ2v) is 19.1. The Hall–Kier alpha value is -11.2. The number of benzene rings is 10. The van der Waals surface area contributed by atoms with E-state index in [4.69, 9.17) is 0 Å². The van der Waals surface area contributed by atoms with Crippen molar-refractivity contribution in [3.05, 3.63) is 239 Å². The highest BCUT2D eigenvalue weighted by Gasteiger charge is 2.42. The van der Waals surface area contributed by atoms with Crippen molar-refractivity contribution in [2.45, 2.75) is 12.4 Å². The summed E-state index contributed by atoms with van der Waals surface area (Å²) < 4.78 is 98.1. The van der Waals surface area contributed by atoms with Gasteiger partial charge < -0.3 is 9.13 Å². The highest BCUT2D eigenvalue weighted by Crippen LogP contribution is 2.50. The van der Waals surface area contributed by atoms with Gasteiger partial charge >= 0.3 is 12.4 Å². The lowest BCUT2D eigenvalue weighted by Crippen LogP contribution is -2.15. The number of fused-ring (bicyclic) bond motifs is 6. The number of rotatable bonds is 7. The van der Waals surface area contributed by atoms with Gasteiger partial charge in [0.2, 0.25) is 0 Å². The number of nitriles is 5. The standard InChI is InChI=1S/C67H33F6N7/c68-66(69,70)57-2-1-3-58(67(71,72)73)65(57)56-33-59(79-60-28-47(43-12-4-39(34-74)5-13-43)20-24-52(60)53-25-21-48(29-61(53)79)44-14-6-40(35-75)7-15-44)51(38-78)32-64(56)80-62-30-49(45-16-8-41(36-76)9-17-45)22-26-54(62)55-27-23-50(31-63(55)80)46-18-10-42(37-77)11-19-46/h1-33H. The summed E-state index contributed by atoms with van der Waals surface area (Å²) in [6.45, 7) is 0. The minimum Gasteiger partial charge on any atom is -0.309 e. The largest absolute Gasteiger partial charge is 0.417 e. The quantitative estimate of drug-likeness (QED) is 0.147. The van der Waals surface area contributed by atoms with Gasteiger partial charge in [0, 0.05) is 32.7 Å². The third kappa shape index (κ3) is 8.48. The zero-order valence-electron chi connectivity index (χ0n) is 41.5. The molecule has 0 saturated heterocycles. The number of halogens is 6. The van der Waals surface area contributed by atoms with E-state index in [0.717, 1.165) is 6.07 Å². The lowest BCUT2D eigenvalue weighted by atomic mass is 9.90. The number of hydrogen-bond acceptors (Lipinski definition) is 5. The predicted octanol–water partition coefficient (Wildman–Crippen LogP) is 17.6. The van der Waals surface area contributed by atoms with Crippen LogP contribution in [0.5, 0.6) is 0 Å². The first-order valence-corrected chi connectivity index (χ1v) is 24.7. The Morgan fingerprint density at radius 3 is 0.863 bits per heavy atom. The molecule has 13 heteroatoms. The Kier molecular flexibility index (Phi) is 11.9. The molecule has 12 rings (SSSR count). The maximum absolute atomic E-state index is 15.8. The maximum Gasteiger partial charge on any atom is 0.417 e. The summed E-state index contributed by atoms with van der Waals surface area (Å²) in [5.74, 6) is 0. The molecule has 0 aliphatic rings. The van der Waals surface area contributed by atoms with Crippen molar-refractivity contribution in [2.75, 3.05) is 0 Å². The number of alkyl halides is 6. The molecule has 0 bridgehead atoms. The van der Waals surface area contributed by atoms with Gasteiger partial charge in [-0.3, -0.25) is 0 Å². The van der Waals surface area contributed by atoms with Crippen LogP contribution in [0.3, 0.4) is 0 Å². The zero-order chi connectivity index (χ0) is 55.6. The second-order valence-electron chi connectivity index (χ2n) is 19.1. The van der Waals surface area contributed by atoms with Crippen molar-refractivity contribution in [2.24, 2.45) is 0 Å². The summed E-state index contributed by atoms with van der Waals surface area (Å²) in [4.78, 5) is 0. The molecule has 0 fully saturated rings. The maximum atomic E-state index is 15.8. The molecule has 0 radical (unpaired) electrons. The Labute approximate surface area is 452 Å². The smallest absolute Gasteiger partial charge is 0.309 e. The summed E-state index contributed by atoms with van der Waals surface area (Å²) in [5.41, 5.74) is 3.57. The third-order valence-electron chi connectivity index (χ3n) is 14.6. The van der Waals surface area contributed by atoms with Crippen LogP contribution in [0.25, 0.3) is 111 Å². The summed E-state index contributed by atoms with van der Waals surface area (Å²) in [6, 6.07) is 64.5. The molecule has 0 atom stereocenters. The van der Waals surface area contributed by atoms with Crippen LogP contribution < -0.4 is 0 Å². The molecule has 0 unspecified atom stereocenters. The van der Waals surface area contributed by atoms with Gasteiger partial charge in [-0.15, -0.1) is 0 Å². The van der Waals surface area contributed by atoms with E-state index in [-0.39, 0.29) is 16.9 Å². The lowest BCUT2D eigenvalue weighted by molar-refractivity contribution is -0.142. The molecule has 0 spiro atoms.